The Labute approximate surface area is 86.3 Å². The lowest BCUT2D eigenvalue weighted by atomic mass is 9.99. The second-order valence-corrected chi connectivity index (χ2v) is 4.70. The van der Waals surface area contributed by atoms with E-state index in [1.165, 1.54) is 29.5 Å². The van der Waals surface area contributed by atoms with Crippen LogP contribution in [0.25, 0.3) is 0 Å². The van der Waals surface area contributed by atoms with E-state index in [1.807, 2.05) is 0 Å². The van der Waals surface area contributed by atoms with Gasteiger partial charge in [0.1, 0.15) is 0 Å². The summed E-state index contributed by atoms with van der Waals surface area (Å²) in [5.74, 6) is 0.802. The Hall–Kier alpha value is -0.820. The number of hydrogen-bond donors (Lipinski definition) is 1. The molecule has 1 fully saturated rings. The SMILES string of the molecule is Cc1cc(C)cc(CC(N)C2CC2)c1. The van der Waals surface area contributed by atoms with Gasteiger partial charge in [-0.05, 0) is 44.6 Å². The van der Waals surface area contributed by atoms with Gasteiger partial charge in [0.05, 0.1) is 0 Å². The number of aryl methyl sites for hydroxylation is 2. The second kappa shape index (κ2) is 3.74. The molecule has 1 atom stereocenters. The van der Waals surface area contributed by atoms with E-state index in [0.29, 0.717) is 6.04 Å². The van der Waals surface area contributed by atoms with E-state index >= 15 is 0 Å². The van der Waals surface area contributed by atoms with Crippen LogP contribution in [-0.4, -0.2) is 6.04 Å². The van der Waals surface area contributed by atoms with Crippen molar-refractivity contribution in [1.29, 1.82) is 0 Å². The van der Waals surface area contributed by atoms with Crippen molar-refractivity contribution in [2.75, 3.05) is 0 Å². The Morgan fingerprint density at radius 2 is 1.79 bits per heavy atom. The third-order valence-corrected chi connectivity index (χ3v) is 2.98. The van der Waals surface area contributed by atoms with Gasteiger partial charge in [0.2, 0.25) is 0 Å². The van der Waals surface area contributed by atoms with Gasteiger partial charge < -0.3 is 5.73 Å². The van der Waals surface area contributed by atoms with E-state index in [1.54, 1.807) is 0 Å². The maximum Gasteiger partial charge on any atom is 0.0108 e. The van der Waals surface area contributed by atoms with Crippen LogP contribution >= 0.6 is 0 Å². The summed E-state index contributed by atoms with van der Waals surface area (Å²) >= 11 is 0. The molecule has 1 nitrogen and oxygen atoms in total. The summed E-state index contributed by atoms with van der Waals surface area (Å²) in [5, 5.41) is 0. The molecular formula is C13H19N. The fourth-order valence-electron chi connectivity index (χ4n) is 2.15. The molecule has 1 unspecified atom stereocenters. The summed E-state index contributed by atoms with van der Waals surface area (Å²) in [7, 11) is 0. The van der Waals surface area contributed by atoms with Gasteiger partial charge in [0.15, 0.2) is 0 Å². The highest BCUT2D eigenvalue weighted by molar-refractivity contribution is 5.29. The van der Waals surface area contributed by atoms with Crippen LogP contribution in [-0.2, 0) is 6.42 Å². The average Bonchev–Trinajstić information content (AvgIpc) is 2.82. The highest BCUT2D eigenvalue weighted by Gasteiger charge is 2.28. The lowest BCUT2D eigenvalue weighted by molar-refractivity contribution is 0.591. The van der Waals surface area contributed by atoms with Crippen LogP contribution in [0, 0.1) is 19.8 Å². The maximum atomic E-state index is 6.11. The average molecular weight is 189 g/mol. The monoisotopic (exact) mass is 189 g/mol. The molecule has 76 valence electrons. The normalized spacial score (nSPS) is 18.2. The smallest absolute Gasteiger partial charge is 0.0108 e. The van der Waals surface area contributed by atoms with Crippen molar-refractivity contribution < 1.29 is 0 Å². The lowest BCUT2D eigenvalue weighted by Gasteiger charge is -2.11. The number of benzene rings is 1. The number of rotatable bonds is 3. The first-order valence-corrected chi connectivity index (χ1v) is 5.48. The van der Waals surface area contributed by atoms with Crippen LogP contribution in [0.4, 0.5) is 0 Å². The van der Waals surface area contributed by atoms with Gasteiger partial charge in [0.25, 0.3) is 0 Å². The molecule has 0 amide bonds. The molecule has 2 N–H and O–H groups in total. The molecule has 0 bridgehead atoms. The van der Waals surface area contributed by atoms with Crippen LogP contribution < -0.4 is 5.73 Å². The first kappa shape index (κ1) is 9.72. The van der Waals surface area contributed by atoms with Gasteiger partial charge >= 0.3 is 0 Å². The summed E-state index contributed by atoms with van der Waals surface area (Å²) in [6.45, 7) is 4.30. The quantitative estimate of drug-likeness (QED) is 0.777. The molecule has 1 aliphatic carbocycles. The third-order valence-electron chi connectivity index (χ3n) is 2.98. The predicted octanol–water partition coefficient (Wildman–Crippen LogP) is 2.58. The second-order valence-electron chi connectivity index (χ2n) is 4.70. The summed E-state index contributed by atoms with van der Waals surface area (Å²) in [4.78, 5) is 0. The highest BCUT2D eigenvalue weighted by Crippen LogP contribution is 2.33. The van der Waals surface area contributed by atoms with Crippen molar-refractivity contribution in [2.45, 2.75) is 39.2 Å². The molecule has 0 aromatic heterocycles. The molecule has 0 aliphatic heterocycles. The third kappa shape index (κ3) is 2.36. The Morgan fingerprint density at radius 3 is 2.29 bits per heavy atom. The van der Waals surface area contributed by atoms with E-state index in [-0.39, 0.29) is 0 Å². The zero-order valence-electron chi connectivity index (χ0n) is 9.09. The lowest BCUT2D eigenvalue weighted by Crippen LogP contribution is -2.25. The fraction of sp³-hybridized carbons (Fsp3) is 0.538. The Morgan fingerprint density at radius 1 is 1.21 bits per heavy atom. The van der Waals surface area contributed by atoms with Crippen molar-refractivity contribution in [2.24, 2.45) is 11.7 Å². The molecule has 1 aromatic rings. The Kier molecular flexibility index (Phi) is 2.60. The van der Waals surface area contributed by atoms with E-state index in [0.717, 1.165) is 12.3 Å². The van der Waals surface area contributed by atoms with Gasteiger partial charge in [-0.15, -0.1) is 0 Å². The molecule has 0 heterocycles. The molecule has 14 heavy (non-hydrogen) atoms. The van der Waals surface area contributed by atoms with Crippen LogP contribution in [0.15, 0.2) is 18.2 Å². The largest absolute Gasteiger partial charge is 0.327 e. The van der Waals surface area contributed by atoms with Crippen LogP contribution in [0.2, 0.25) is 0 Å². The van der Waals surface area contributed by atoms with E-state index in [9.17, 15) is 0 Å². The highest BCUT2D eigenvalue weighted by atomic mass is 14.7. The maximum absolute atomic E-state index is 6.11. The number of nitrogens with two attached hydrogens (primary N) is 1. The van der Waals surface area contributed by atoms with Gasteiger partial charge in [0, 0.05) is 6.04 Å². The van der Waals surface area contributed by atoms with Crippen molar-refractivity contribution in [3.05, 3.63) is 34.9 Å². The zero-order valence-corrected chi connectivity index (χ0v) is 9.09. The minimum Gasteiger partial charge on any atom is -0.327 e. The molecule has 0 saturated heterocycles. The molecule has 1 saturated carbocycles. The molecular weight excluding hydrogens is 170 g/mol. The Bertz CT molecular complexity index is 306. The van der Waals surface area contributed by atoms with E-state index in [4.69, 9.17) is 5.73 Å². The first-order chi connectivity index (χ1) is 6.65. The summed E-state index contributed by atoms with van der Waals surface area (Å²) < 4.78 is 0. The molecule has 0 radical (unpaired) electrons. The topological polar surface area (TPSA) is 26.0 Å². The standard InChI is InChI=1S/C13H19N/c1-9-5-10(2)7-11(6-9)8-13(14)12-3-4-12/h5-7,12-13H,3-4,8,14H2,1-2H3. The van der Waals surface area contributed by atoms with E-state index < -0.39 is 0 Å². The van der Waals surface area contributed by atoms with Crippen molar-refractivity contribution in [3.8, 4) is 0 Å². The van der Waals surface area contributed by atoms with Gasteiger partial charge in [-0.25, -0.2) is 0 Å². The minimum absolute atomic E-state index is 0.385. The molecule has 0 spiro atoms. The van der Waals surface area contributed by atoms with Crippen LogP contribution in [0.3, 0.4) is 0 Å². The fourth-order valence-corrected chi connectivity index (χ4v) is 2.15. The number of hydrogen-bond acceptors (Lipinski definition) is 1. The minimum atomic E-state index is 0.385. The van der Waals surface area contributed by atoms with Crippen LogP contribution in [0.1, 0.15) is 29.5 Å². The van der Waals surface area contributed by atoms with Crippen molar-refractivity contribution in [3.63, 3.8) is 0 Å². The van der Waals surface area contributed by atoms with E-state index in [2.05, 4.69) is 32.0 Å². The van der Waals surface area contributed by atoms with Gasteiger partial charge in [-0.1, -0.05) is 29.3 Å². The molecule has 1 aromatic carbocycles. The molecule has 1 aliphatic rings. The Balaban J connectivity index is 2.07. The van der Waals surface area contributed by atoms with Crippen LogP contribution in [0.5, 0.6) is 0 Å². The molecule has 1 heteroatoms. The summed E-state index contributed by atoms with van der Waals surface area (Å²) in [6, 6.07) is 7.12. The molecule has 2 rings (SSSR count). The summed E-state index contributed by atoms with van der Waals surface area (Å²) in [6.07, 6.45) is 3.73. The van der Waals surface area contributed by atoms with Crippen molar-refractivity contribution in [1.82, 2.24) is 0 Å². The summed E-state index contributed by atoms with van der Waals surface area (Å²) in [5.41, 5.74) is 10.2. The van der Waals surface area contributed by atoms with Crippen molar-refractivity contribution >= 4 is 0 Å². The zero-order chi connectivity index (χ0) is 10.1. The predicted molar refractivity (Wildman–Crippen MR) is 60.3 cm³/mol. The first-order valence-electron chi connectivity index (χ1n) is 5.48. The van der Waals surface area contributed by atoms with Gasteiger partial charge in [-0.3, -0.25) is 0 Å². The van der Waals surface area contributed by atoms with Gasteiger partial charge in [-0.2, -0.15) is 0 Å².